The highest BCUT2D eigenvalue weighted by Crippen LogP contribution is 2.21. The van der Waals surface area contributed by atoms with Crippen LogP contribution in [-0.4, -0.2) is 18.6 Å². The molecule has 0 radical (unpaired) electrons. The average molecular weight is 247 g/mol. The van der Waals surface area contributed by atoms with Crippen LogP contribution in [0.15, 0.2) is 18.3 Å². The number of rotatable bonds is 7. The van der Waals surface area contributed by atoms with Gasteiger partial charge in [0.2, 0.25) is 5.88 Å². The van der Waals surface area contributed by atoms with Crippen LogP contribution in [0.4, 0.5) is 5.69 Å². The summed E-state index contributed by atoms with van der Waals surface area (Å²) in [5.41, 5.74) is 0.789. The van der Waals surface area contributed by atoms with E-state index >= 15 is 0 Å². The summed E-state index contributed by atoms with van der Waals surface area (Å²) in [6.07, 6.45) is 4.80. The number of nitrogens with one attached hydrogen (secondary N) is 1. The third-order valence-electron chi connectivity index (χ3n) is 2.81. The second kappa shape index (κ2) is 6.85. The predicted molar refractivity (Wildman–Crippen MR) is 72.5 cm³/mol. The van der Waals surface area contributed by atoms with E-state index in [-0.39, 0.29) is 5.41 Å². The number of ether oxygens (including phenoxy) is 1. The van der Waals surface area contributed by atoms with Crippen molar-refractivity contribution in [2.45, 2.75) is 33.1 Å². The van der Waals surface area contributed by atoms with Gasteiger partial charge < -0.3 is 10.1 Å². The molecule has 98 valence electrons. The summed E-state index contributed by atoms with van der Waals surface area (Å²) < 4.78 is 4.99. The molecular weight excluding hydrogens is 226 g/mol. The highest BCUT2D eigenvalue weighted by Gasteiger charge is 2.15. The Morgan fingerprint density at radius 3 is 2.72 bits per heavy atom. The van der Waals surface area contributed by atoms with Crippen LogP contribution in [0.3, 0.4) is 0 Å². The monoisotopic (exact) mass is 247 g/mol. The van der Waals surface area contributed by atoms with E-state index in [1.54, 1.807) is 13.3 Å². The van der Waals surface area contributed by atoms with Crippen molar-refractivity contribution >= 4 is 5.69 Å². The topological polar surface area (TPSA) is 57.9 Å². The van der Waals surface area contributed by atoms with Gasteiger partial charge in [-0.2, -0.15) is 5.26 Å². The number of aromatic nitrogens is 1. The van der Waals surface area contributed by atoms with E-state index in [0.29, 0.717) is 5.88 Å². The van der Waals surface area contributed by atoms with Gasteiger partial charge in [-0.15, -0.1) is 0 Å². The predicted octanol–water partition coefficient (Wildman–Crippen LogP) is 3.22. The lowest BCUT2D eigenvalue weighted by atomic mass is 9.89. The molecule has 0 fully saturated rings. The fourth-order valence-electron chi connectivity index (χ4n) is 1.59. The van der Waals surface area contributed by atoms with E-state index in [1.807, 2.05) is 26.0 Å². The molecule has 1 aromatic heterocycles. The van der Waals surface area contributed by atoms with Crippen LogP contribution in [0, 0.1) is 16.7 Å². The first-order valence-electron chi connectivity index (χ1n) is 6.22. The molecule has 18 heavy (non-hydrogen) atoms. The second-order valence-electron chi connectivity index (χ2n) is 4.97. The standard InChI is InChI=1S/C14H21N3O/c1-14(2,11-15)8-4-5-9-16-12-6-7-13(18-3)17-10-12/h6-7,10,16H,4-5,8-9H2,1-3H3. The minimum absolute atomic E-state index is 0.207. The number of pyridine rings is 1. The lowest BCUT2D eigenvalue weighted by molar-refractivity contribution is 0.398. The van der Waals surface area contributed by atoms with Gasteiger partial charge in [-0.25, -0.2) is 4.98 Å². The fourth-order valence-corrected chi connectivity index (χ4v) is 1.59. The van der Waals surface area contributed by atoms with E-state index in [2.05, 4.69) is 16.4 Å². The van der Waals surface area contributed by atoms with Gasteiger partial charge in [0, 0.05) is 12.6 Å². The average Bonchev–Trinajstić information content (AvgIpc) is 2.39. The number of hydrogen-bond acceptors (Lipinski definition) is 4. The van der Waals surface area contributed by atoms with Crippen molar-refractivity contribution in [1.29, 1.82) is 5.26 Å². The van der Waals surface area contributed by atoms with Crippen molar-refractivity contribution in [1.82, 2.24) is 4.98 Å². The molecule has 0 spiro atoms. The molecule has 0 saturated carbocycles. The zero-order valence-corrected chi connectivity index (χ0v) is 11.4. The zero-order valence-electron chi connectivity index (χ0n) is 11.4. The molecule has 0 unspecified atom stereocenters. The summed E-state index contributed by atoms with van der Waals surface area (Å²) in [6, 6.07) is 6.10. The number of nitriles is 1. The normalized spacial score (nSPS) is 10.8. The molecule has 4 nitrogen and oxygen atoms in total. The van der Waals surface area contributed by atoms with Crippen molar-refractivity contribution in [3.8, 4) is 11.9 Å². The SMILES string of the molecule is COc1ccc(NCCCCC(C)(C)C#N)cn1. The Labute approximate surface area is 109 Å². The third kappa shape index (κ3) is 5.05. The molecule has 0 amide bonds. The molecule has 0 bridgehead atoms. The lowest BCUT2D eigenvalue weighted by Crippen LogP contribution is -2.09. The van der Waals surface area contributed by atoms with Crippen LogP contribution < -0.4 is 10.1 Å². The number of nitrogens with zero attached hydrogens (tertiary/aromatic N) is 2. The Hall–Kier alpha value is -1.76. The lowest BCUT2D eigenvalue weighted by Gasteiger charge is -2.14. The third-order valence-corrected chi connectivity index (χ3v) is 2.81. The Bertz CT molecular complexity index is 392. The number of anilines is 1. The molecule has 4 heteroatoms. The first-order valence-corrected chi connectivity index (χ1v) is 6.22. The Kier molecular flexibility index (Phi) is 5.44. The van der Waals surface area contributed by atoms with Crippen LogP contribution in [0.25, 0.3) is 0 Å². The maximum Gasteiger partial charge on any atom is 0.213 e. The van der Waals surface area contributed by atoms with Gasteiger partial charge in [0.15, 0.2) is 0 Å². The van der Waals surface area contributed by atoms with Crippen LogP contribution in [0.5, 0.6) is 5.88 Å². The molecule has 1 aromatic rings. The molecule has 1 N–H and O–H groups in total. The van der Waals surface area contributed by atoms with E-state index in [0.717, 1.165) is 31.5 Å². The summed E-state index contributed by atoms with van der Waals surface area (Å²) in [5.74, 6) is 0.622. The zero-order chi connectivity index (χ0) is 13.4. The molecular formula is C14H21N3O. The van der Waals surface area contributed by atoms with Gasteiger partial charge in [0.05, 0.1) is 30.5 Å². The van der Waals surface area contributed by atoms with Gasteiger partial charge >= 0.3 is 0 Å². The highest BCUT2D eigenvalue weighted by atomic mass is 16.5. The van der Waals surface area contributed by atoms with E-state index in [4.69, 9.17) is 10.00 Å². The molecule has 1 rings (SSSR count). The second-order valence-corrected chi connectivity index (χ2v) is 4.97. The van der Waals surface area contributed by atoms with Crippen LogP contribution in [-0.2, 0) is 0 Å². The number of unbranched alkanes of at least 4 members (excludes halogenated alkanes) is 1. The highest BCUT2D eigenvalue weighted by molar-refractivity contribution is 5.41. The maximum absolute atomic E-state index is 8.89. The molecule has 0 atom stereocenters. The fraction of sp³-hybridized carbons (Fsp3) is 0.571. The summed E-state index contributed by atoms with van der Waals surface area (Å²) in [7, 11) is 1.60. The van der Waals surface area contributed by atoms with Crippen molar-refractivity contribution in [3.05, 3.63) is 18.3 Å². The van der Waals surface area contributed by atoms with Gasteiger partial charge in [0.25, 0.3) is 0 Å². The molecule has 0 aromatic carbocycles. The summed E-state index contributed by atoms with van der Waals surface area (Å²) in [6.45, 7) is 4.86. The summed E-state index contributed by atoms with van der Waals surface area (Å²) >= 11 is 0. The Morgan fingerprint density at radius 1 is 1.39 bits per heavy atom. The quantitative estimate of drug-likeness (QED) is 0.751. The van der Waals surface area contributed by atoms with Gasteiger partial charge in [0.1, 0.15) is 0 Å². The Balaban J connectivity index is 2.20. The molecule has 0 saturated heterocycles. The molecule has 1 heterocycles. The minimum Gasteiger partial charge on any atom is -0.481 e. The molecule has 0 aliphatic carbocycles. The van der Waals surface area contributed by atoms with Crippen LogP contribution >= 0.6 is 0 Å². The van der Waals surface area contributed by atoms with Gasteiger partial charge in [-0.3, -0.25) is 0 Å². The van der Waals surface area contributed by atoms with Crippen molar-refractivity contribution in [2.24, 2.45) is 5.41 Å². The van der Waals surface area contributed by atoms with Crippen molar-refractivity contribution < 1.29 is 4.74 Å². The number of hydrogen-bond donors (Lipinski definition) is 1. The maximum atomic E-state index is 8.89. The minimum atomic E-state index is -0.207. The smallest absolute Gasteiger partial charge is 0.213 e. The van der Waals surface area contributed by atoms with Gasteiger partial charge in [-0.05, 0) is 32.8 Å². The largest absolute Gasteiger partial charge is 0.481 e. The van der Waals surface area contributed by atoms with Gasteiger partial charge in [-0.1, -0.05) is 6.42 Å². The molecule has 0 aliphatic heterocycles. The Morgan fingerprint density at radius 2 is 2.17 bits per heavy atom. The first kappa shape index (κ1) is 14.3. The number of methoxy groups -OCH3 is 1. The van der Waals surface area contributed by atoms with E-state index in [9.17, 15) is 0 Å². The van der Waals surface area contributed by atoms with E-state index in [1.165, 1.54) is 0 Å². The van der Waals surface area contributed by atoms with Crippen molar-refractivity contribution in [2.75, 3.05) is 19.0 Å². The van der Waals surface area contributed by atoms with Crippen LogP contribution in [0.2, 0.25) is 0 Å². The van der Waals surface area contributed by atoms with E-state index < -0.39 is 0 Å². The summed E-state index contributed by atoms with van der Waals surface area (Å²) in [5, 5.41) is 12.2. The first-order chi connectivity index (χ1) is 8.57. The van der Waals surface area contributed by atoms with Crippen molar-refractivity contribution in [3.63, 3.8) is 0 Å². The van der Waals surface area contributed by atoms with Crippen LogP contribution in [0.1, 0.15) is 33.1 Å². The summed E-state index contributed by atoms with van der Waals surface area (Å²) in [4.78, 5) is 4.12. The molecule has 0 aliphatic rings.